The molecule has 1 atom stereocenters. The summed E-state index contributed by atoms with van der Waals surface area (Å²) in [6.07, 6.45) is 0. The molecule has 0 amide bonds. The van der Waals surface area contributed by atoms with E-state index in [0.29, 0.717) is 0 Å². The third-order valence-electron chi connectivity index (χ3n) is 2.85. The van der Waals surface area contributed by atoms with Crippen molar-refractivity contribution < 1.29 is 8.78 Å². The molecule has 0 saturated carbocycles. The molecule has 19 heavy (non-hydrogen) atoms. The van der Waals surface area contributed by atoms with E-state index >= 15 is 0 Å². The Hall–Kier alpha value is -2.41. The van der Waals surface area contributed by atoms with Crippen LogP contribution in [0.2, 0.25) is 0 Å². The molecular formula is C15H12F2N2. The summed E-state index contributed by atoms with van der Waals surface area (Å²) in [6, 6.07) is 11.7. The van der Waals surface area contributed by atoms with Crippen molar-refractivity contribution in [3.8, 4) is 6.07 Å². The van der Waals surface area contributed by atoms with Gasteiger partial charge in [0.1, 0.15) is 17.7 Å². The first-order valence-corrected chi connectivity index (χ1v) is 5.78. The molecule has 96 valence electrons. The second-order valence-electron chi connectivity index (χ2n) is 4.19. The van der Waals surface area contributed by atoms with Crippen LogP contribution in [0.1, 0.15) is 17.2 Å². The Labute approximate surface area is 110 Å². The van der Waals surface area contributed by atoms with Gasteiger partial charge in [-0.1, -0.05) is 24.3 Å². The summed E-state index contributed by atoms with van der Waals surface area (Å²) in [6.45, 7) is 1.89. The quantitative estimate of drug-likeness (QED) is 0.904. The molecule has 1 N–H and O–H groups in total. The number of hydrogen-bond donors (Lipinski definition) is 1. The van der Waals surface area contributed by atoms with Gasteiger partial charge in [0.05, 0.1) is 6.07 Å². The zero-order chi connectivity index (χ0) is 13.8. The fourth-order valence-corrected chi connectivity index (χ4v) is 1.81. The molecular weight excluding hydrogens is 246 g/mol. The minimum Gasteiger partial charge on any atom is -0.366 e. The first-order chi connectivity index (χ1) is 9.11. The van der Waals surface area contributed by atoms with Crippen molar-refractivity contribution >= 4 is 5.69 Å². The molecule has 2 nitrogen and oxygen atoms in total. The maximum Gasteiger partial charge on any atom is 0.143 e. The first kappa shape index (κ1) is 13.0. The van der Waals surface area contributed by atoms with Crippen LogP contribution >= 0.6 is 0 Å². The second-order valence-corrected chi connectivity index (χ2v) is 4.19. The number of halogens is 2. The molecule has 0 aliphatic heterocycles. The molecule has 2 aromatic rings. The molecule has 0 spiro atoms. The minimum absolute atomic E-state index is 0.132. The standard InChI is InChI=1S/C15H12F2N2/c1-10-4-2-3-5-14(10)19-15(9-18)12-7-6-11(16)8-13(12)17/h2-8,15,19H,1H3. The van der Waals surface area contributed by atoms with E-state index in [4.69, 9.17) is 5.26 Å². The third-order valence-corrected chi connectivity index (χ3v) is 2.85. The average Bonchev–Trinajstić information content (AvgIpc) is 2.39. The summed E-state index contributed by atoms with van der Waals surface area (Å²) in [5, 5.41) is 12.1. The number of benzene rings is 2. The molecule has 0 aliphatic carbocycles. The van der Waals surface area contributed by atoms with E-state index in [2.05, 4.69) is 5.32 Å². The highest BCUT2D eigenvalue weighted by Gasteiger charge is 2.16. The average molecular weight is 258 g/mol. The number of nitrogens with zero attached hydrogens (tertiary/aromatic N) is 1. The highest BCUT2D eigenvalue weighted by atomic mass is 19.1. The van der Waals surface area contributed by atoms with Crippen molar-refractivity contribution in [2.45, 2.75) is 13.0 Å². The molecule has 2 rings (SSSR count). The van der Waals surface area contributed by atoms with Gasteiger partial charge in [0.2, 0.25) is 0 Å². The molecule has 1 unspecified atom stereocenters. The highest BCUT2D eigenvalue weighted by molar-refractivity contribution is 5.53. The Bertz CT molecular complexity index is 632. The predicted octanol–water partition coefficient (Wildman–Crippen LogP) is 3.95. The molecule has 0 aliphatic rings. The van der Waals surface area contributed by atoms with Crippen molar-refractivity contribution in [1.82, 2.24) is 0 Å². The van der Waals surface area contributed by atoms with Crippen LogP contribution < -0.4 is 5.32 Å². The van der Waals surface area contributed by atoms with Gasteiger partial charge in [0.15, 0.2) is 0 Å². The molecule has 0 radical (unpaired) electrons. The minimum atomic E-state index is -0.860. The fourth-order valence-electron chi connectivity index (χ4n) is 1.81. The smallest absolute Gasteiger partial charge is 0.143 e. The summed E-state index contributed by atoms with van der Waals surface area (Å²) in [5.41, 5.74) is 1.83. The summed E-state index contributed by atoms with van der Waals surface area (Å²) in [7, 11) is 0. The van der Waals surface area contributed by atoms with Gasteiger partial charge in [-0.15, -0.1) is 0 Å². The number of aryl methyl sites for hydroxylation is 1. The lowest BCUT2D eigenvalue weighted by molar-refractivity contribution is 0.570. The van der Waals surface area contributed by atoms with Crippen molar-refractivity contribution in [2.24, 2.45) is 0 Å². The van der Waals surface area contributed by atoms with Gasteiger partial charge in [-0.25, -0.2) is 8.78 Å². The van der Waals surface area contributed by atoms with E-state index in [-0.39, 0.29) is 5.56 Å². The van der Waals surface area contributed by atoms with E-state index in [9.17, 15) is 8.78 Å². The van der Waals surface area contributed by atoms with Crippen LogP contribution in [0.3, 0.4) is 0 Å². The van der Waals surface area contributed by atoms with Crippen LogP contribution in [0.5, 0.6) is 0 Å². The molecule has 0 saturated heterocycles. The van der Waals surface area contributed by atoms with Gasteiger partial charge < -0.3 is 5.32 Å². The van der Waals surface area contributed by atoms with Gasteiger partial charge in [-0.3, -0.25) is 0 Å². The van der Waals surface area contributed by atoms with Gasteiger partial charge in [-0.05, 0) is 24.6 Å². The molecule has 2 aromatic carbocycles. The van der Waals surface area contributed by atoms with Crippen molar-refractivity contribution in [2.75, 3.05) is 5.32 Å². The van der Waals surface area contributed by atoms with Crippen molar-refractivity contribution in [1.29, 1.82) is 5.26 Å². The van der Waals surface area contributed by atoms with E-state index in [1.54, 1.807) is 6.07 Å². The molecule has 0 fully saturated rings. The topological polar surface area (TPSA) is 35.8 Å². The monoisotopic (exact) mass is 258 g/mol. The molecule has 0 aromatic heterocycles. The second kappa shape index (κ2) is 5.49. The zero-order valence-corrected chi connectivity index (χ0v) is 10.3. The van der Waals surface area contributed by atoms with Crippen LogP contribution in [0, 0.1) is 29.9 Å². The number of rotatable bonds is 3. The van der Waals surface area contributed by atoms with E-state index in [1.807, 2.05) is 31.2 Å². The van der Waals surface area contributed by atoms with E-state index < -0.39 is 17.7 Å². The van der Waals surface area contributed by atoms with Gasteiger partial charge in [-0.2, -0.15) is 5.26 Å². The lowest BCUT2D eigenvalue weighted by Crippen LogP contribution is -2.11. The highest BCUT2D eigenvalue weighted by Crippen LogP contribution is 2.24. The summed E-state index contributed by atoms with van der Waals surface area (Å²) >= 11 is 0. The van der Waals surface area contributed by atoms with Crippen LogP contribution in [0.4, 0.5) is 14.5 Å². The Morgan fingerprint density at radius 1 is 1.16 bits per heavy atom. The van der Waals surface area contributed by atoms with E-state index in [0.717, 1.165) is 23.4 Å². The van der Waals surface area contributed by atoms with Crippen LogP contribution in [-0.4, -0.2) is 0 Å². The predicted molar refractivity (Wildman–Crippen MR) is 69.5 cm³/mol. The van der Waals surface area contributed by atoms with Crippen LogP contribution in [0.25, 0.3) is 0 Å². The number of para-hydroxylation sites is 1. The summed E-state index contributed by atoms with van der Waals surface area (Å²) in [5.74, 6) is -1.39. The zero-order valence-electron chi connectivity index (χ0n) is 10.3. The maximum absolute atomic E-state index is 13.7. The Morgan fingerprint density at radius 3 is 2.53 bits per heavy atom. The van der Waals surface area contributed by atoms with Crippen molar-refractivity contribution in [3.05, 3.63) is 65.2 Å². The first-order valence-electron chi connectivity index (χ1n) is 5.78. The Kier molecular flexibility index (Phi) is 3.76. The number of nitrogens with one attached hydrogen (secondary N) is 1. The fraction of sp³-hybridized carbons (Fsp3) is 0.133. The van der Waals surface area contributed by atoms with Gasteiger partial charge in [0, 0.05) is 17.3 Å². The lowest BCUT2D eigenvalue weighted by Gasteiger charge is -2.15. The SMILES string of the molecule is Cc1ccccc1NC(C#N)c1ccc(F)cc1F. The lowest BCUT2D eigenvalue weighted by atomic mass is 10.1. The molecule has 0 bridgehead atoms. The molecule has 0 heterocycles. The maximum atomic E-state index is 13.7. The summed E-state index contributed by atoms with van der Waals surface area (Å²) in [4.78, 5) is 0. The number of nitriles is 1. The van der Waals surface area contributed by atoms with Crippen molar-refractivity contribution in [3.63, 3.8) is 0 Å². The Morgan fingerprint density at radius 2 is 1.89 bits per heavy atom. The van der Waals surface area contributed by atoms with Gasteiger partial charge >= 0.3 is 0 Å². The molecule has 4 heteroatoms. The van der Waals surface area contributed by atoms with Crippen LogP contribution in [0.15, 0.2) is 42.5 Å². The van der Waals surface area contributed by atoms with E-state index in [1.165, 1.54) is 6.07 Å². The number of hydrogen-bond acceptors (Lipinski definition) is 2. The van der Waals surface area contributed by atoms with Gasteiger partial charge in [0.25, 0.3) is 0 Å². The largest absolute Gasteiger partial charge is 0.366 e. The summed E-state index contributed by atoms with van der Waals surface area (Å²) < 4.78 is 26.5. The Balaban J connectivity index is 2.31. The third kappa shape index (κ3) is 2.89. The normalized spacial score (nSPS) is 11.7. The number of anilines is 1. The van der Waals surface area contributed by atoms with Crippen LogP contribution in [-0.2, 0) is 0 Å².